The van der Waals surface area contributed by atoms with E-state index in [9.17, 15) is 15.2 Å². The van der Waals surface area contributed by atoms with Crippen molar-refractivity contribution >= 4 is 18.1 Å². The highest BCUT2D eigenvalue weighted by molar-refractivity contribution is 5.95. The molecular formula is C31H22N2O6. The van der Waals surface area contributed by atoms with Crippen molar-refractivity contribution in [2.45, 2.75) is 0 Å². The predicted octanol–water partition coefficient (Wildman–Crippen LogP) is 7.21. The third kappa shape index (κ3) is 5.02. The van der Waals surface area contributed by atoms with Crippen LogP contribution in [0.25, 0.3) is 33.8 Å². The van der Waals surface area contributed by atoms with Crippen LogP contribution in [0, 0.1) is 11.3 Å². The Hall–Kier alpha value is -5.55. The van der Waals surface area contributed by atoms with Gasteiger partial charge in [0.2, 0.25) is 5.88 Å². The standard InChI is InChI=1S/C31H22N2O6/c1-36-21-11-7-19(8-12-21)28-26(17-32)30(39-29(28)20-9-13-22(37-2)14-10-20)33-18-23-15-16-27(38-23)24-5-3-4-6-25(24)31(34)35/h3-16,18H,1-2H3,(H,34,35). The molecule has 0 aliphatic rings. The van der Waals surface area contributed by atoms with Crippen LogP contribution in [0.15, 0.2) is 98.8 Å². The lowest BCUT2D eigenvalue weighted by Crippen LogP contribution is -1.98. The molecule has 0 aliphatic carbocycles. The Balaban J connectivity index is 1.57. The highest BCUT2D eigenvalue weighted by Gasteiger charge is 2.23. The second-order valence-electron chi connectivity index (χ2n) is 8.37. The minimum absolute atomic E-state index is 0.109. The van der Waals surface area contributed by atoms with Crippen molar-refractivity contribution in [3.63, 3.8) is 0 Å². The Labute approximate surface area is 224 Å². The first-order chi connectivity index (χ1) is 19.0. The average Bonchev–Trinajstić information content (AvgIpc) is 3.61. The number of methoxy groups -OCH3 is 2. The molecule has 0 aliphatic heterocycles. The van der Waals surface area contributed by atoms with E-state index < -0.39 is 5.97 Å². The summed E-state index contributed by atoms with van der Waals surface area (Å²) in [5.74, 6) is 1.65. The van der Waals surface area contributed by atoms with Crippen LogP contribution in [0.5, 0.6) is 11.5 Å². The number of rotatable bonds is 8. The smallest absolute Gasteiger partial charge is 0.336 e. The largest absolute Gasteiger partial charge is 0.497 e. The van der Waals surface area contributed by atoms with Gasteiger partial charge in [0.05, 0.1) is 26.0 Å². The van der Waals surface area contributed by atoms with Gasteiger partial charge in [-0.05, 0) is 60.2 Å². The molecular weight excluding hydrogens is 496 g/mol. The first kappa shape index (κ1) is 25.1. The number of furan rings is 2. The molecule has 8 nitrogen and oxygen atoms in total. The van der Waals surface area contributed by atoms with Crippen molar-refractivity contribution in [1.82, 2.24) is 0 Å². The fourth-order valence-electron chi connectivity index (χ4n) is 4.17. The molecule has 3 aromatic carbocycles. The minimum Gasteiger partial charge on any atom is -0.497 e. The van der Waals surface area contributed by atoms with Gasteiger partial charge in [-0.15, -0.1) is 0 Å². The van der Waals surface area contributed by atoms with Crippen molar-refractivity contribution in [2.24, 2.45) is 4.99 Å². The highest BCUT2D eigenvalue weighted by atomic mass is 16.5. The summed E-state index contributed by atoms with van der Waals surface area (Å²) in [6.45, 7) is 0. The summed E-state index contributed by atoms with van der Waals surface area (Å²) in [6, 6.07) is 26.8. The molecule has 39 heavy (non-hydrogen) atoms. The Morgan fingerprint density at radius 3 is 2.13 bits per heavy atom. The van der Waals surface area contributed by atoms with E-state index in [1.807, 2.05) is 48.5 Å². The summed E-state index contributed by atoms with van der Waals surface area (Å²) in [5.41, 5.74) is 2.92. The van der Waals surface area contributed by atoms with Crippen LogP contribution in [-0.4, -0.2) is 31.5 Å². The minimum atomic E-state index is -1.05. The van der Waals surface area contributed by atoms with Crippen LogP contribution < -0.4 is 9.47 Å². The first-order valence-electron chi connectivity index (χ1n) is 11.8. The van der Waals surface area contributed by atoms with Gasteiger partial charge in [-0.3, -0.25) is 0 Å². The van der Waals surface area contributed by atoms with E-state index >= 15 is 0 Å². The average molecular weight is 519 g/mol. The van der Waals surface area contributed by atoms with E-state index in [1.54, 1.807) is 44.6 Å². The Morgan fingerprint density at radius 1 is 0.872 bits per heavy atom. The van der Waals surface area contributed by atoms with Gasteiger partial charge in [-0.25, -0.2) is 9.79 Å². The maximum Gasteiger partial charge on any atom is 0.336 e. The molecule has 0 fully saturated rings. The maximum atomic E-state index is 11.6. The number of aliphatic imine (C=N–C) groups is 1. The van der Waals surface area contributed by atoms with Gasteiger partial charge in [-0.1, -0.05) is 30.3 Å². The molecule has 0 saturated carbocycles. The number of aromatic carboxylic acids is 1. The number of ether oxygens (including phenoxy) is 2. The quantitative estimate of drug-likeness (QED) is 0.216. The number of carbonyl (C=O) groups is 1. The van der Waals surface area contributed by atoms with E-state index in [1.165, 1.54) is 12.3 Å². The Bertz CT molecular complexity index is 1700. The number of hydrogen-bond donors (Lipinski definition) is 1. The SMILES string of the molecule is COc1ccc(-c2oc(N=Cc3ccc(-c4ccccc4C(=O)O)o3)c(C#N)c2-c2ccc(OC)cc2)cc1. The van der Waals surface area contributed by atoms with Crippen LogP contribution in [0.3, 0.4) is 0 Å². The molecule has 8 heteroatoms. The second kappa shape index (κ2) is 10.8. The van der Waals surface area contributed by atoms with Gasteiger partial charge in [0.25, 0.3) is 0 Å². The third-order valence-corrected chi connectivity index (χ3v) is 6.09. The number of nitriles is 1. The van der Waals surface area contributed by atoms with E-state index in [0.717, 1.165) is 11.1 Å². The van der Waals surface area contributed by atoms with Crippen LogP contribution in [0.4, 0.5) is 5.88 Å². The van der Waals surface area contributed by atoms with Crippen molar-refractivity contribution in [2.75, 3.05) is 14.2 Å². The topological polar surface area (TPSA) is 118 Å². The van der Waals surface area contributed by atoms with E-state index in [2.05, 4.69) is 11.1 Å². The molecule has 0 unspecified atom stereocenters. The van der Waals surface area contributed by atoms with Crippen molar-refractivity contribution in [1.29, 1.82) is 5.26 Å². The molecule has 0 bridgehead atoms. The molecule has 0 atom stereocenters. The fraction of sp³-hybridized carbons (Fsp3) is 0.0645. The number of carboxylic acid groups (broad SMARTS) is 1. The predicted molar refractivity (Wildman–Crippen MR) is 146 cm³/mol. The van der Waals surface area contributed by atoms with Gasteiger partial charge < -0.3 is 23.4 Å². The van der Waals surface area contributed by atoms with E-state index in [4.69, 9.17) is 18.3 Å². The molecule has 1 N–H and O–H groups in total. The molecule has 192 valence electrons. The maximum absolute atomic E-state index is 11.6. The van der Waals surface area contributed by atoms with E-state index in [-0.39, 0.29) is 17.0 Å². The highest BCUT2D eigenvalue weighted by Crippen LogP contribution is 2.43. The molecule has 0 spiro atoms. The zero-order chi connectivity index (χ0) is 27.4. The number of carboxylic acids is 1. The number of hydrogen-bond acceptors (Lipinski definition) is 7. The van der Waals surface area contributed by atoms with Crippen LogP contribution >= 0.6 is 0 Å². The van der Waals surface area contributed by atoms with Crippen LogP contribution in [0.1, 0.15) is 21.7 Å². The lowest BCUT2D eigenvalue weighted by atomic mass is 9.98. The summed E-state index contributed by atoms with van der Waals surface area (Å²) >= 11 is 0. The Morgan fingerprint density at radius 2 is 1.51 bits per heavy atom. The molecule has 0 radical (unpaired) electrons. The van der Waals surface area contributed by atoms with Gasteiger partial charge in [0.15, 0.2) is 0 Å². The van der Waals surface area contributed by atoms with Gasteiger partial charge >= 0.3 is 5.97 Å². The number of nitrogens with zero attached hydrogens (tertiary/aromatic N) is 2. The molecule has 0 amide bonds. The monoisotopic (exact) mass is 518 g/mol. The summed E-state index contributed by atoms with van der Waals surface area (Å²) in [4.78, 5) is 16.0. The zero-order valence-corrected chi connectivity index (χ0v) is 21.0. The van der Waals surface area contributed by atoms with Gasteiger partial charge in [0, 0.05) is 16.7 Å². The summed E-state index contributed by atoms with van der Waals surface area (Å²) in [6.07, 6.45) is 1.43. The lowest BCUT2D eigenvalue weighted by molar-refractivity contribution is 0.0697. The molecule has 2 aromatic heterocycles. The molecule has 2 heterocycles. The van der Waals surface area contributed by atoms with Crippen molar-refractivity contribution < 1.29 is 28.2 Å². The van der Waals surface area contributed by atoms with Gasteiger partial charge in [0.1, 0.15) is 40.4 Å². The molecule has 5 aromatic rings. The van der Waals surface area contributed by atoms with Crippen molar-refractivity contribution in [3.05, 3.63) is 102 Å². The fourth-order valence-corrected chi connectivity index (χ4v) is 4.17. The Kier molecular flexibility index (Phi) is 6.97. The summed E-state index contributed by atoms with van der Waals surface area (Å²) in [5, 5.41) is 19.6. The second-order valence-corrected chi connectivity index (χ2v) is 8.37. The zero-order valence-electron chi connectivity index (χ0n) is 21.0. The first-order valence-corrected chi connectivity index (χ1v) is 11.8. The summed E-state index contributed by atoms with van der Waals surface area (Å²) in [7, 11) is 3.18. The van der Waals surface area contributed by atoms with Crippen LogP contribution in [-0.2, 0) is 0 Å². The van der Waals surface area contributed by atoms with Gasteiger partial charge in [-0.2, -0.15) is 5.26 Å². The molecule has 0 saturated heterocycles. The summed E-state index contributed by atoms with van der Waals surface area (Å²) < 4.78 is 22.6. The molecule has 5 rings (SSSR count). The normalized spacial score (nSPS) is 10.9. The van der Waals surface area contributed by atoms with Crippen LogP contribution in [0.2, 0.25) is 0 Å². The van der Waals surface area contributed by atoms with E-state index in [0.29, 0.717) is 39.9 Å². The number of benzene rings is 3. The van der Waals surface area contributed by atoms with Crippen molar-refractivity contribution in [3.8, 4) is 51.3 Å². The third-order valence-electron chi connectivity index (χ3n) is 6.09. The lowest BCUT2D eigenvalue weighted by Gasteiger charge is -2.06.